The van der Waals surface area contributed by atoms with Crippen LogP contribution in [-0.2, 0) is 14.8 Å². The number of esters is 1. The molecule has 0 spiro atoms. The summed E-state index contributed by atoms with van der Waals surface area (Å²) in [7, 11) is -3.92. The number of nitrogens with zero attached hydrogens (tertiary/aromatic N) is 1. The van der Waals surface area contributed by atoms with Gasteiger partial charge in [0.25, 0.3) is 0 Å². The van der Waals surface area contributed by atoms with Gasteiger partial charge in [-0.2, -0.15) is 4.31 Å². The molecule has 2 aromatic rings. The van der Waals surface area contributed by atoms with E-state index in [-0.39, 0.29) is 57.6 Å². The summed E-state index contributed by atoms with van der Waals surface area (Å²) in [5, 5.41) is 0.131. The highest BCUT2D eigenvalue weighted by Gasteiger charge is 2.30. The van der Waals surface area contributed by atoms with E-state index in [1.165, 1.54) is 10.4 Å². The van der Waals surface area contributed by atoms with Crippen molar-refractivity contribution in [1.82, 2.24) is 4.31 Å². The van der Waals surface area contributed by atoms with E-state index in [2.05, 4.69) is 0 Å². The SMILES string of the molecule is Cc1ccc(Cl)c(OC(=O)c2cc(S(=O)(=O)N3CCOCC3)c(Cl)cc2Cl)c1. The van der Waals surface area contributed by atoms with E-state index in [0.29, 0.717) is 0 Å². The molecule has 0 N–H and O–H groups in total. The van der Waals surface area contributed by atoms with Crippen LogP contribution in [0.25, 0.3) is 0 Å². The third kappa shape index (κ3) is 4.45. The Morgan fingerprint density at radius 2 is 1.71 bits per heavy atom. The van der Waals surface area contributed by atoms with E-state index in [0.717, 1.165) is 11.6 Å². The Bertz CT molecular complexity index is 1020. The van der Waals surface area contributed by atoms with Gasteiger partial charge in [-0.3, -0.25) is 0 Å². The van der Waals surface area contributed by atoms with Crippen LogP contribution in [0.2, 0.25) is 15.1 Å². The highest BCUT2D eigenvalue weighted by Crippen LogP contribution is 2.33. The number of morpholine rings is 1. The normalized spacial score (nSPS) is 15.4. The maximum atomic E-state index is 12.9. The minimum atomic E-state index is -3.92. The topological polar surface area (TPSA) is 72.9 Å². The minimum absolute atomic E-state index is 0.0281. The van der Waals surface area contributed by atoms with Crippen molar-refractivity contribution in [3.05, 3.63) is 56.5 Å². The summed E-state index contributed by atoms with van der Waals surface area (Å²) in [6.45, 7) is 2.77. The number of benzene rings is 2. The monoisotopic (exact) mass is 463 g/mol. The number of carbonyl (C=O) groups excluding carboxylic acids is 1. The molecule has 0 aliphatic carbocycles. The van der Waals surface area contributed by atoms with Gasteiger partial charge in [0, 0.05) is 13.1 Å². The number of hydrogen-bond donors (Lipinski definition) is 0. The smallest absolute Gasteiger partial charge is 0.345 e. The molecule has 1 heterocycles. The lowest BCUT2D eigenvalue weighted by Gasteiger charge is -2.26. The Morgan fingerprint density at radius 1 is 1.04 bits per heavy atom. The first-order valence-corrected chi connectivity index (χ1v) is 10.8. The Hall–Kier alpha value is -1.35. The van der Waals surface area contributed by atoms with E-state index in [1.807, 2.05) is 6.92 Å². The molecule has 0 atom stereocenters. The van der Waals surface area contributed by atoms with E-state index >= 15 is 0 Å². The van der Waals surface area contributed by atoms with Crippen LogP contribution in [0.15, 0.2) is 35.2 Å². The van der Waals surface area contributed by atoms with Crippen molar-refractivity contribution >= 4 is 50.8 Å². The number of carbonyl (C=O) groups is 1. The number of rotatable bonds is 4. The van der Waals surface area contributed by atoms with Crippen molar-refractivity contribution in [2.24, 2.45) is 0 Å². The molecule has 6 nitrogen and oxygen atoms in total. The van der Waals surface area contributed by atoms with Crippen molar-refractivity contribution < 1.29 is 22.7 Å². The van der Waals surface area contributed by atoms with Crippen LogP contribution in [0.5, 0.6) is 5.75 Å². The predicted octanol–water partition coefficient (Wildman–Crippen LogP) is 4.20. The molecule has 1 aliphatic heterocycles. The number of halogens is 3. The molecule has 1 fully saturated rings. The zero-order chi connectivity index (χ0) is 20.5. The lowest BCUT2D eigenvalue weighted by atomic mass is 10.2. The number of hydrogen-bond acceptors (Lipinski definition) is 5. The molecule has 0 saturated carbocycles. The molecular weight excluding hydrogens is 449 g/mol. The molecule has 1 aliphatic rings. The third-order valence-corrected chi connectivity index (χ3v) is 7.11. The van der Waals surface area contributed by atoms with Crippen molar-refractivity contribution in [2.45, 2.75) is 11.8 Å². The number of aryl methyl sites for hydroxylation is 1. The second kappa shape index (κ2) is 8.57. The summed E-state index contributed by atoms with van der Waals surface area (Å²) < 4.78 is 37.6. The fourth-order valence-corrected chi connectivity index (χ4v) is 5.04. The highest BCUT2D eigenvalue weighted by atomic mass is 35.5. The average molecular weight is 465 g/mol. The first-order valence-electron chi connectivity index (χ1n) is 8.25. The Labute approximate surface area is 177 Å². The maximum Gasteiger partial charge on any atom is 0.345 e. The van der Waals surface area contributed by atoms with Crippen LogP contribution in [0.4, 0.5) is 0 Å². The molecule has 150 valence electrons. The van der Waals surface area contributed by atoms with Gasteiger partial charge in [0.05, 0.1) is 33.8 Å². The van der Waals surface area contributed by atoms with Gasteiger partial charge in [-0.15, -0.1) is 0 Å². The maximum absolute atomic E-state index is 12.9. The van der Waals surface area contributed by atoms with Crippen LogP contribution in [-0.4, -0.2) is 45.0 Å². The molecule has 0 aromatic heterocycles. The van der Waals surface area contributed by atoms with Crippen LogP contribution < -0.4 is 4.74 Å². The van der Waals surface area contributed by atoms with Gasteiger partial charge in [-0.25, -0.2) is 13.2 Å². The Balaban J connectivity index is 1.97. The van der Waals surface area contributed by atoms with Crippen molar-refractivity contribution in [2.75, 3.05) is 26.3 Å². The molecule has 3 rings (SSSR count). The molecule has 1 saturated heterocycles. The Kier molecular flexibility index (Phi) is 6.54. The summed E-state index contributed by atoms with van der Waals surface area (Å²) in [5.41, 5.74) is 0.709. The number of ether oxygens (including phenoxy) is 2. The van der Waals surface area contributed by atoms with Crippen molar-refractivity contribution in [1.29, 1.82) is 0 Å². The molecule has 2 aromatic carbocycles. The quantitative estimate of drug-likeness (QED) is 0.501. The van der Waals surface area contributed by atoms with Crippen LogP contribution in [0.1, 0.15) is 15.9 Å². The summed E-state index contributed by atoms with van der Waals surface area (Å²) in [6, 6.07) is 7.29. The van der Waals surface area contributed by atoms with E-state index in [4.69, 9.17) is 44.3 Å². The van der Waals surface area contributed by atoms with E-state index in [9.17, 15) is 13.2 Å². The molecule has 10 heteroatoms. The summed E-state index contributed by atoms with van der Waals surface area (Å²) >= 11 is 18.3. The molecule has 0 bridgehead atoms. The van der Waals surface area contributed by atoms with E-state index < -0.39 is 16.0 Å². The van der Waals surface area contributed by atoms with Crippen molar-refractivity contribution in [3.63, 3.8) is 0 Å². The van der Waals surface area contributed by atoms with Gasteiger partial charge in [0.1, 0.15) is 10.6 Å². The van der Waals surface area contributed by atoms with Gasteiger partial charge < -0.3 is 9.47 Å². The lowest BCUT2D eigenvalue weighted by Crippen LogP contribution is -2.40. The zero-order valence-electron chi connectivity index (χ0n) is 14.7. The first-order chi connectivity index (χ1) is 13.2. The van der Waals surface area contributed by atoms with Gasteiger partial charge in [-0.05, 0) is 36.8 Å². The standard InChI is InChI=1S/C18H16Cl3NO5S/c1-11-2-3-13(19)16(8-11)27-18(23)12-9-17(15(21)10-14(12)20)28(24,25)22-4-6-26-7-5-22/h2-3,8-10H,4-7H2,1H3. The molecule has 28 heavy (non-hydrogen) atoms. The van der Waals surface area contributed by atoms with Crippen LogP contribution >= 0.6 is 34.8 Å². The van der Waals surface area contributed by atoms with Crippen LogP contribution in [0.3, 0.4) is 0 Å². The molecular formula is C18H16Cl3NO5S. The van der Waals surface area contributed by atoms with Crippen LogP contribution in [0, 0.1) is 6.92 Å². The molecule has 0 radical (unpaired) electrons. The number of sulfonamides is 1. The molecule has 0 amide bonds. The van der Waals surface area contributed by atoms with Gasteiger partial charge >= 0.3 is 5.97 Å². The average Bonchev–Trinajstić information content (AvgIpc) is 2.65. The fraction of sp³-hybridized carbons (Fsp3) is 0.278. The Morgan fingerprint density at radius 3 is 2.39 bits per heavy atom. The largest absolute Gasteiger partial charge is 0.421 e. The minimum Gasteiger partial charge on any atom is -0.421 e. The first kappa shape index (κ1) is 21.4. The lowest BCUT2D eigenvalue weighted by molar-refractivity contribution is 0.0727. The fourth-order valence-electron chi connectivity index (χ4n) is 2.65. The highest BCUT2D eigenvalue weighted by molar-refractivity contribution is 7.89. The second-order valence-electron chi connectivity index (χ2n) is 6.10. The van der Waals surface area contributed by atoms with E-state index in [1.54, 1.807) is 18.2 Å². The van der Waals surface area contributed by atoms with Gasteiger partial charge in [0.2, 0.25) is 10.0 Å². The summed E-state index contributed by atoms with van der Waals surface area (Å²) in [6.07, 6.45) is 0. The zero-order valence-corrected chi connectivity index (χ0v) is 17.8. The molecule has 0 unspecified atom stereocenters. The van der Waals surface area contributed by atoms with Crippen molar-refractivity contribution in [3.8, 4) is 5.75 Å². The third-order valence-electron chi connectivity index (χ3n) is 4.12. The summed E-state index contributed by atoms with van der Waals surface area (Å²) in [5.74, 6) is -0.692. The van der Waals surface area contributed by atoms with Gasteiger partial charge in [0.15, 0.2) is 0 Å². The van der Waals surface area contributed by atoms with Gasteiger partial charge in [-0.1, -0.05) is 40.9 Å². The predicted molar refractivity (Wildman–Crippen MR) is 107 cm³/mol. The summed E-state index contributed by atoms with van der Waals surface area (Å²) in [4.78, 5) is 12.4. The second-order valence-corrected chi connectivity index (χ2v) is 9.23.